The van der Waals surface area contributed by atoms with Crippen LogP contribution in [0.1, 0.15) is 0 Å². The molecule has 0 saturated carbocycles. The van der Waals surface area contributed by atoms with Crippen molar-refractivity contribution in [1.29, 1.82) is 0 Å². The van der Waals surface area contributed by atoms with Crippen LogP contribution in [0.25, 0.3) is 0 Å². The Balaban J connectivity index is 0. The van der Waals surface area contributed by atoms with Gasteiger partial charge in [0.2, 0.25) is 0 Å². The van der Waals surface area contributed by atoms with Crippen LogP contribution in [0, 0.1) is 6.33 Å². The van der Waals surface area contributed by atoms with E-state index in [1.54, 1.807) is 0 Å². The van der Waals surface area contributed by atoms with Gasteiger partial charge in [-0.05, 0) is 0 Å². The van der Waals surface area contributed by atoms with Gasteiger partial charge in [0, 0.05) is 5.83 Å². The summed E-state index contributed by atoms with van der Waals surface area (Å²) in [5, 5.41) is 0. The van der Waals surface area contributed by atoms with Crippen molar-refractivity contribution in [2.24, 2.45) is 0 Å². The molecular formula is C9F17Na. The molecule has 0 heterocycles. The quantitative estimate of drug-likeness (QED) is 0.329. The monoisotopic (exact) mass is 454 g/mol. The third-order valence-electron chi connectivity index (χ3n) is 2.69. The van der Waals surface area contributed by atoms with Crippen molar-refractivity contribution < 1.29 is 104 Å². The summed E-state index contributed by atoms with van der Waals surface area (Å²) in [6, 6.07) is 0. The van der Waals surface area contributed by atoms with Gasteiger partial charge in [-0.1, -0.05) is 0 Å². The summed E-state index contributed by atoms with van der Waals surface area (Å²) in [5.74, 6) is -53.4. The molecule has 0 bridgehead atoms. The van der Waals surface area contributed by atoms with Crippen molar-refractivity contribution in [2.45, 2.75) is 41.7 Å². The average molecular weight is 454 g/mol. The van der Waals surface area contributed by atoms with E-state index in [2.05, 4.69) is 0 Å². The number of allylic oxidation sites excluding steroid dienone is 1. The molecule has 0 aromatic heterocycles. The van der Waals surface area contributed by atoms with Crippen LogP contribution in [0.15, 0.2) is 5.83 Å². The van der Waals surface area contributed by atoms with Crippen LogP contribution in [-0.2, 0) is 0 Å². The summed E-state index contributed by atoms with van der Waals surface area (Å²) >= 11 is 0. The fraction of sp³-hybridized carbons (Fsp3) is 0.778. The molecule has 0 aliphatic carbocycles. The Hall–Kier alpha value is -0.450. The molecule has 0 spiro atoms. The SMILES string of the molecule is F[C-]=C(F)C(F)(F)C(F)(F)C(F)(F)C(F)(F)C(F)(F)C(F)(F)C(F)(F)F.[Na+]. The molecule has 156 valence electrons. The van der Waals surface area contributed by atoms with Gasteiger partial charge in [-0.25, -0.2) is 4.39 Å². The topological polar surface area (TPSA) is 0 Å². The normalized spacial score (nSPS) is 16.3. The Labute approximate surface area is 158 Å². The van der Waals surface area contributed by atoms with Crippen LogP contribution in [0.4, 0.5) is 74.6 Å². The summed E-state index contributed by atoms with van der Waals surface area (Å²) in [6.07, 6.45) is -8.78. The van der Waals surface area contributed by atoms with Crippen molar-refractivity contribution in [2.75, 3.05) is 0 Å². The number of hydrogen-bond acceptors (Lipinski definition) is 0. The third-order valence-corrected chi connectivity index (χ3v) is 2.69. The van der Waals surface area contributed by atoms with Crippen LogP contribution in [0.2, 0.25) is 0 Å². The molecule has 0 aromatic rings. The summed E-state index contributed by atoms with van der Waals surface area (Å²) in [5.41, 5.74) is 0. The zero-order chi connectivity index (χ0) is 21.8. The van der Waals surface area contributed by atoms with Gasteiger partial charge in [0.25, 0.3) is 0 Å². The van der Waals surface area contributed by atoms with E-state index in [-0.39, 0.29) is 29.6 Å². The predicted octanol–water partition coefficient (Wildman–Crippen LogP) is 2.95. The first kappa shape index (κ1) is 28.8. The van der Waals surface area contributed by atoms with Gasteiger partial charge >= 0.3 is 71.3 Å². The molecule has 0 amide bonds. The summed E-state index contributed by atoms with van der Waals surface area (Å²) in [6.45, 7) is 0. The second kappa shape index (κ2) is 7.42. The minimum atomic E-state index is -8.54. The number of rotatable bonds is 6. The van der Waals surface area contributed by atoms with Crippen molar-refractivity contribution in [3.63, 3.8) is 0 Å². The molecule has 0 fully saturated rings. The van der Waals surface area contributed by atoms with E-state index in [0.717, 1.165) is 0 Å². The van der Waals surface area contributed by atoms with Crippen molar-refractivity contribution >= 4 is 0 Å². The van der Waals surface area contributed by atoms with Gasteiger partial charge in [0.05, 0.1) is 0 Å². The molecule has 0 N–H and O–H groups in total. The third kappa shape index (κ3) is 3.74. The Morgan fingerprint density at radius 3 is 1.00 bits per heavy atom. The Morgan fingerprint density at radius 1 is 0.481 bits per heavy atom. The van der Waals surface area contributed by atoms with E-state index in [1.807, 2.05) is 0 Å². The van der Waals surface area contributed by atoms with E-state index in [1.165, 1.54) is 0 Å². The Kier molecular flexibility index (Phi) is 7.90. The summed E-state index contributed by atoms with van der Waals surface area (Å²) in [7, 11) is 0. The standard InChI is InChI=1S/C9F17.Na/c10-1-2(11)3(12,13)4(14,15)5(16,17)6(18,19)7(20,21)8(22,23)9(24,25)26;/q-1;+1. The fourth-order valence-corrected chi connectivity index (χ4v) is 1.16. The molecule has 0 saturated heterocycles. The second-order valence-corrected chi connectivity index (χ2v) is 4.35. The van der Waals surface area contributed by atoms with Crippen LogP contribution >= 0.6 is 0 Å². The Morgan fingerprint density at radius 2 is 0.741 bits per heavy atom. The van der Waals surface area contributed by atoms with E-state index in [4.69, 9.17) is 0 Å². The molecule has 27 heavy (non-hydrogen) atoms. The van der Waals surface area contributed by atoms with Crippen LogP contribution in [-0.4, -0.2) is 41.7 Å². The van der Waals surface area contributed by atoms with E-state index in [0.29, 0.717) is 0 Å². The van der Waals surface area contributed by atoms with Crippen molar-refractivity contribution in [3.8, 4) is 0 Å². The maximum atomic E-state index is 12.9. The van der Waals surface area contributed by atoms with Crippen LogP contribution in [0.3, 0.4) is 0 Å². The van der Waals surface area contributed by atoms with Gasteiger partial charge in [0.1, 0.15) is 0 Å². The number of hydrogen-bond donors (Lipinski definition) is 0. The molecule has 0 rings (SSSR count). The van der Waals surface area contributed by atoms with Gasteiger partial charge in [0.15, 0.2) is 0 Å². The minimum absolute atomic E-state index is 0. The number of alkyl halides is 15. The molecule has 0 unspecified atom stereocenters. The molecule has 0 aliphatic rings. The molecule has 0 aromatic carbocycles. The van der Waals surface area contributed by atoms with Crippen molar-refractivity contribution in [1.82, 2.24) is 0 Å². The smallest absolute Gasteiger partial charge is 0.455 e. The van der Waals surface area contributed by atoms with Gasteiger partial charge in [-0.2, -0.15) is 65.9 Å². The Bertz CT molecular complexity index is 555. The number of halogens is 17. The zero-order valence-corrected chi connectivity index (χ0v) is 13.9. The van der Waals surface area contributed by atoms with Gasteiger partial charge in [-0.3, -0.25) is 6.33 Å². The minimum Gasteiger partial charge on any atom is -0.455 e. The maximum Gasteiger partial charge on any atom is 1.00 e. The molecule has 0 aliphatic heterocycles. The zero-order valence-electron chi connectivity index (χ0n) is 11.9. The molecule has 0 nitrogen and oxygen atoms in total. The summed E-state index contributed by atoms with van der Waals surface area (Å²) in [4.78, 5) is 0. The largest absolute Gasteiger partial charge is 1.00 e. The predicted molar refractivity (Wildman–Crippen MR) is 44.7 cm³/mol. The first-order valence-electron chi connectivity index (χ1n) is 5.21. The van der Waals surface area contributed by atoms with Crippen LogP contribution in [0.5, 0.6) is 0 Å². The van der Waals surface area contributed by atoms with Crippen LogP contribution < -0.4 is 29.6 Å². The van der Waals surface area contributed by atoms with E-state index in [9.17, 15) is 74.6 Å². The molecule has 18 heteroatoms. The van der Waals surface area contributed by atoms with Gasteiger partial charge in [-0.15, -0.1) is 0 Å². The van der Waals surface area contributed by atoms with Crippen molar-refractivity contribution in [3.05, 3.63) is 12.2 Å². The van der Waals surface area contributed by atoms with Gasteiger partial charge < -0.3 is 4.39 Å². The summed E-state index contributed by atoms with van der Waals surface area (Å²) < 4.78 is 211. The molecular weight excluding hydrogens is 454 g/mol. The second-order valence-electron chi connectivity index (χ2n) is 4.35. The van der Waals surface area contributed by atoms with E-state index < -0.39 is 53.9 Å². The van der Waals surface area contributed by atoms with E-state index >= 15 is 0 Å². The average Bonchev–Trinajstić information content (AvgIpc) is 2.43. The maximum absolute atomic E-state index is 12.9. The first-order valence-corrected chi connectivity index (χ1v) is 5.21. The fourth-order valence-electron chi connectivity index (χ4n) is 1.16. The molecule has 0 radical (unpaired) electrons. The first-order chi connectivity index (χ1) is 11.0. The molecule has 0 atom stereocenters.